The Balaban J connectivity index is 1.97. The number of carboxylic acids is 1. The van der Waals surface area contributed by atoms with Gasteiger partial charge in [-0.15, -0.1) is 5.10 Å². The SMILES string of the molecule is CCCOC(=O)CCCc1cn(CCOCCOCCOCC(=O)O)nn1. The first-order chi connectivity index (χ1) is 13.1. The Kier molecular flexibility index (Phi) is 12.8. The van der Waals surface area contributed by atoms with Crippen molar-refractivity contribution in [1.29, 1.82) is 0 Å². The van der Waals surface area contributed by atoms with E-state index in [-0.39, 0.29) is 19.2 Å². The summed E-state index contributed by atoms with van der Waals surface area (Å²) in [5.74, 6) is -1.17. The number of nitrogens with zero attached hydrogens (tertiary/aromatic N) is 3. The van der Waals surface area contributed by atoms with Crippen LogP contribution in [0.3, 0.4) is 0 Å². The number of esters is 1. The molecule has 10 heteroatoms. The molecule has 0 atom stereocenters. The molecule has 0 saturated carbocycles. The summed E-state index contributed by atoms with van der Waals surface area (Å²) in [6.45, 7) is 4.58. The van der Waals surface area contributed by atoms with E-state index in [2.05, 4.69) is 10.3 Å². The van der Waals surface area contributed by atoms with Crippen molar-refractivity contribution >= 4 is 11.9 Å². The molecule has 27 heavy (non-hydrogen) atoms. The lowest BCUT2D eigenvalue weighted by atomic mass is 10.2. The molecule has 0 aliphatic rings. The number of ether oxygens (including phenoxy) is 4. The van der Waals surface area contributed by atoms with Crippen LogP contribution in [-0.4, -0.2) is 78.3 Å². The number of aryl methyl sites for hydroxylation is 1. The summed E-state index contributed by atoms with van der Waals surface area (Å²) in [5, 5.41) is 16.5. The number of aliphatic carboxylic acids is 1. The van der Waals surface area contributed by atoms with Gasteiger partial charge in [-0.3, -0.25) is 4.79 Å². The summed E-state index contributed by atoms with van der Waals surface area (Å²) < 4.78 is 22.2. The molecule has 0 spiro atoms. The smallest absolute Gasteiger partial charge is 0.329 e. The normalized spacial score (nSPS) is 10.9. The van der Waals surface area contributed by atoms with Crippen LogP contribution in [0, 0.1) is 0 Å². The highest BCUT2D eigenvalue weighted by Crippen LogP contribution is 2.02. The molecule has 1 heterocycles. The first-order valence-corrected chi connectivity index (χ1v) is 9.11. The molecule has 0 aliphatic carbocycles. The standard InChI is InChI=1S/C17H29N3O7/c1-2-7-27-17(23)5-3-4-15-13-20(19-18-15)6-8-24-9-10-25-11-12-26-14-16(21)22/h13H,2-12,14H2,1H3,(H,21,22). The molecular formula is C17H29N3O7. The Bertz CT molecular complexity index is 536. The van der Waals surface area contributed by atoms with Crippen molar-refractivity contribution in [3.05, 3.63) is 11.9 Å². The summed E-state index contributed by atoms with van der Waals surface area (Å²) in [6.07, 6.45) is 4.43. The molecule has 1 rings (SSSR count). The molecule has 154 valence electrons. The average Bonchev–Trinajstić information content (AvgIpc) is 3.09. The van der Waals surface area contributed by atoms with E-state index in [0.717, 1.165) is 12.1 Å². The summed E-state index contributed by atoms with van der Waals surface area (Å²) in [5.41, 5.74) is 0.836. The lowest BCUT2D eigenvalue weighted by Crippen LogP contribution is -2.14. The summed E-state index contributed by atoms with van der Waals surface area (Å²) in [4.78, 5) is 21.6. The van der Waals surface area contributed by atoms with Gasteiger partial charge in [-0.2, -0.15) is 0 Å². The Morgan fingerprint density at radius 3 is 2.48 bits per heavy atom. The van der Waals surface area contributed by atoms with Crippen LogP contribution in [-0.2, 0) is 41.5 Å². The first kappa shape index (κ1) is 23.0. The molecular weight excluding hydrogens is 358 g/mol. The van der Waals surface area contributed by atoms with Crippen LogP contribution >= 0.6 is 0 Å². The molecule has 0 bridgehead atoms. The topological polar surface area (TPSA) is 122 Å². The number of carbonyl (C=O) groups excluding carboxylic acids is 1. The predicted octanol–water partition coefficient (Wildman–Crippen LogP) is 0.688. The van der Waals surface area contributed by atoms with E-state index in [1.165, 1.54) is 0 Å². The van der Waals surface area contributed by atoms with Gasteiger partial charge in [-0.05, 0) is 19.3 Å². The largest absolute Gasteiger partial charge is 0.480 e. The van der Waals surface area contributed by atoms with Gasteiger partial charge in [-0.1, -0.05) is 12.1 Å². The molecule has 1 aromatic rings. The maximum absolute atomic E-state index is 11.4. The van der Waals surface area contributed by atoms with Gasteiger partial charge in [0.25, 0.3) is 0 Å². The second-order valence-corrected chi connectivity index (χ2v) is 5.72. The van der Waals surface area contributed by atoms with Crippen LogP contribution in [0.1, 0.15) is 31.9 Å². The molecule has 0 radical (unpaired) electrons. The van der Waals surface area contributed by atoms with Crippen LogP contribution in [0.15, 0.2) is 6.20 Å². The van der Waals surface area contributed by atoms with Crippen LogP contribution in [0.2, 0.25) is 0 Å². The summed E-state index contributed by atoms with van der Waals surface area (Å²) >= 11 is 0. The fourth-order valence-corrected chi connectivity index (χ4v) is 2.02. The molecule has 1 aromatic heterocycles. The third-order valence-electron chi connectivity index (χ3n) is 3.30. The number of carboxylic acid groups (broad SMARTS) is 1. The second-order valence-electron chi connectivity index (χ2n) is 5.72. The monoisotopic (exact) mass is 387 g/mol. The highest BCUT2D eigenvalue weighted by atomic mass is 16.5. The number of hydrogen-bond donors (Lipinski definition) is 1. The van der Waals surface area contributed by atoms with Crippen LogP contribution in [0.5, 0.6) is 0 Å². The Morgan fingerprint density at radius 2 is 1.78 bits per heavy atom. The van der Waals surface area contributed by atoms with Crippen LogP contribution < -0.4 is 0 Å². The van der Waals surface area contributed by atoms with Gasteiger partial charge in [0.15, 0.2) is 0 Å². The lowest BCUT2D eigenvalue weighted by Gasteiger charge is -2.06. The molecule has 1 N–H and O–H groups in total. The fourth-order valence-electron chi connectivity index (χ4n) is 2.02. The number of aromatic nitrogens is 3. The third-order valence-corrected chi connectivity index (χ3v) is 3.30. The predicted molar refractivity (Wildman–Crippen MR) is 94.3 cm³/mol. The van der Waals surface area contributed by atoms with Gasteiger partial charge in [0.1, 0.15) is 6.61 Å². The fraction of sp³-hybridized carbons (Fsp3) is 0.765. The van der Waals surface area contributed by atoms with Gasteiger partial charge in [0.2, 0.25) is 0 Å². The van der Waals surface area contributed by atoms with E-state index in [4.69, 9.17) is 24.1 Å². The van der Waals surface area contributed by atoms with E-state index in [0.29, 0.717) is 58.8 Å². The van der Waals surface area contributed by atoms with Crippen molar-refractivity contribution in [2.24, 2.45) is 0 Å². The Hall–Kier alpha value is -2.04. The minimum absolute atomic E-state index is 0.173. The minimum atomic E-state index is -0.996. The van der Waals surface area contributed by atoms with Gasteiger partial charge in [0.05, 0.1) is 51.9 Å². The van der Waals surface area contributed by atoms with Crippen LogP contribution in [0.25, 0.3) is 0 Å². The molecule has 0 saturated heterocycles. The molecule has 10 nitrogen and oxygen atoms in total. The van der Waals surface area contributed by atoms with Gasteiger partial charge >= 0.3 is 11.9 Å². The van der Waals surface area contributed by atoms with Crippen molar-refractivity contribution < 1.29 is 33.6 Å². The first-order valence-electron chi connectivity index (χ1n) is 9.11. The average molecular weight is 387 g/mol. The molecule has 0 fully saturated rings. The van der Waals surface area contributed by atoms with E-state index < -0.39 is 5.97 Å². The third kappa shape index (κ3) is 12.9. The minimum Gasteiger partial charge on any atom is -0.480 e. The number of rotatable bonds is 17. The number of carbonyl (C=O) groups is 2. The highest BCUT2D eigenvalue weighted by Gasteiger charge is 2.05. The molecule has 0 unspecified atom stereocenters. The van der Waals surface area contributed by atoms with Crippen molar-refractivity contribution in [3.63, 3.8) is 0 Å². The maximum atomic E-state index is 11.4. The Morgan fingerprint density at radius 1 is 1.07 bits per heavy atom. The van der Waals surface area contributed by atoms with Crippen molar-refractivity contribution in [1.82, 2.24) is 15.0 Å². The number of hydrogen-bond acceptors (Lipinski definition) is 8. The van der Waals surface area contributed by atoms with Gasteiger partial charge in [0, 0.05) is 12.6 Å². The summed E-state index contributed by atoms with van der Waals surface area (Å²) in [7, 11) is 0. The zero-order valence-corrected chi connectivity index (χ0v) is 15.8. The lowest BCUT2D eigenvalue weighted by molar-refractivity contribution is -0.144. The van der Waals surface area contributed by atoms with Gasteiger partial charge < -0.3 is 24.1 Å². The quantitative estimate of drug-likeness (QED) is 0.304. The molecule has 0 aromatic carbocycles. The van der Waals surface area contributed by atoms with Crippen molar-refractivity contribution in [3.8, 4) is 0 Å². The Labute approximate surface area is 158 Å². The van der Waals surface area contributed by atoms with Crippen molar-refractivity contribution in [2.45, 2.75) is 39.2 Å². The second kappa shape index (κ2) is 15.1. The van der Waals surface area contributed by atoms with E-state index in [1.54, 1.807) is 4.68 Å². The maximum Gasteiger partial charge on any atom is 0.329 e. The summed E-state index contributed by atoms with van der Waals surface area (Å²) in [6, 6.07) is 0. The van der Waals surface area contributed by atoms with E-state index >= 15 is 0 Å². The molecule has 0 amide bonds. The molecule has 0 aliphatic heterocycles. The van der Waals surface area contributed by atoms with Crippen LogP contribution in [0.4, 0.5) is 0 Å². The van der Waals surface area contributed by atoms with Gasteiger partial charge in [-0.25, -0.2) is 9.48 Å². The zero-order chi connectivity index (χ0) is 19.7. The highest BCUT2D eigenvalue weighted by molar-refractivity contribution is 5.69. The zero-order valence-electron chi connectivity index (χ0n) is 15.8. The van der Waals surface area contributed by atoms with E-state index in [9.17, 15) is 9.59 Å². The van der Waals surface area contributed by atoms with E-state index in [1.807, 2.05) is 13.1 Å². The van der Waals surface area contributed by atoms with Crippen molar-refractivity contribution in [2.75, 3.05) is 46.2 Å².